The van der Waals surface area contributed by atoms with Crippen molar-refractivity contribution in [1.29, 1.82) is 0 Å². The molecule has 0 aromatic carbocycles. The van der Waals surface area contributed by atoms with E-state index in [1.54, 1.807) is 0 Å². The summed E-state index contributed by atoms with van der Waals surface area (Å²) in [5, 5.41) is 15.3. The third-order valence-electron chi connectivity index (χ3n) is 0. The molecule has 7 heavy (non-hydrogen) atoms. The van der Waals surface area contributed by atoms with E-state index in [-0.39, 0.29) is 48.1 Å². The predicted octanol–water partition coefficient (Wildman–Crippen LogP) is -3.52. The molecule has 4 nitrogen and oxygen atoms in total. The van der Waals surface area contributed by atoms with Gasteiger partial charge < -0.3 is 21.2 Å². The molecule has 0 unspecified atom stereocenters. The third-order valence-corrected chi connectivity index (χ3v) is 0. The first-order chi connectivity index (χ1) is 1.73. The van der Waals surface area contributed by atoms with Crippen LogP contribution in [0.25, 0.3) is 0 Å². The maximum atomic E-state index is 8.44. The van der Waals surface area contributed by atoms with E-state index in [0.717, 1.165) is 0 Å². The van der Waals surface area contributed by atoms with Gasteiger partial charge in [-0.2, -0.15) is 0 Å². The van der Waals surface area contributed by atoms with Gasteiger partial charge in [-0.25, -0.2) is 0 Å². The van der Waals surface area contributed by atoms with Crippen LogP contribution < -0.4 is 40.8 Å². The standard InChI is InChI=1S/CH2O3.ClH.H3N.Na/c2-1(3)4;;;/h(H2,2,3,4);1H;1H3;/q;;;+1/p-1. The quantitative estimate of drug-likeness (QED) is 0.338. The number of carboxylic acid groups (broad SMARTS) is 2. The monoisotopic (exact) mass is 137 g/mol. The molecule has 0 fully saturated rings. The molecule has 0 rings (SSSR count). The van der Waals surface area contributed by atoms with Crippen molar-refractivity contribution in [1.82, 2.24) is 6.15 Å². The molecule has 0 aliphatic carbocycles. The summed E-state index contributed by atoms with van der Waals surface area (Å²) in [7, 11) is 0. The smallest absolute Gasteiger partial charge is 0.565 e. The molecule has 0 amide bonds. The minimum absolute atomic E-state index is 0. The van der Waals surface area contributed by atoms with E-state index in [1.807, 2.05) is 0 Å². The molecule has 0 bridgehead atoms. The van der Waals surface area contributed by atoms with Crippen LogP contribution in [0.1, 0.15) is 0 Å². The Morgan fingerprint density at radius 2 is 1.57 bits per heavy atom. The summed E-state index contributed by atoms with van der Waals surface area (Å²) in [6, 6.07) is 0. The Kier molecular flexibility index (Phi) is 59.1. The van der Waals surface area contributed by atoms with E-state index in [9.17, 15) is 0 Å². The molecule has 0 aromatic rings. The summed E-state index contributed by atoms with van der Waals surface area (Å²) in [6.07, 6.45) is -2.08. The van der Waals surface area contributed by atoms with Crippen molar-refractivity contribution in [2.45, 2.75) is 0 Å². The topological polar surface area (TPSA) is 95.4 Å². The molecular formula is CH5ClNNaO3. The zero-order chi connectivity index (χ0) is 3.58. The molecule has 6 heteroatoms. The predicted molar refractivity (Wildman–Crippen MR) is 20.3 cm³/mol. The van der Waals surface area contributed by atoms with E-state index in [0.29, 0.717) is 0 Å². The van der Waals surface area contributed by atoms with E-state index in [2.05, 4.69) is 0 Å². The second kappa shape index (κ2) is 16.0. The van der Waals surface area contributed by atoms with Gasteiger partial charge >= 0.3 is 29.6 Å². The summed E-state index contributed by atoms with van der Waals surface area (Å²) >= 11 is 0. The molecule has 0 radical (unpaired) electrons. The van der Waals surface area contributed by atoms with Crippen LogP contribution in [-0.4, -0.2) is 11.3 Å². The van der Waals surface area contributed by atoms with Crippen LogP contribution in [0.3, 0.4) is 0 Å². The Labute approximate surface area is 69.2 Å². The molecule has 0 aliphatic heterocycles. The third kappa shape index (κ3) is 493. The van der Waals surface area contributed by atoms with Crippen molar-refractivity contribution in [2.24, 2.45) is 0 Å². The van der Waals surface area contributed by atoms with E-state index < -0.39 is 6.16 Å². The van der Waals surface area contributed by atoms with Crippen molar-refractivity contribution >= 4 is 18.6 Å². The second-order valence-corrected chi connectivity index (χ2v) is 0.266. The van der Waals surface area contributed by atoms with Crippen LogP contribution in [0, 0.1) is 0 Å². The van der Waals surface area contributed by atoms with Crippen LogP contribution in [0.15, 0.2) is 0 Å². The molecular weight excluding hydrogens is 132 g/mol. The largest absolute Gasteiger partial charge is 1.00 e. The van der Waals surface area contributed by atoms with E-state index in [1.165, 1.54) is 0 Å². The summed E-state index contributed by atoms with van der Waals surface area (Å²) in [5.41, 5.74) is 0. The van der Waals surface area contributed by atoms with Gasteiger partial charge in [-0.15, -0.1) is 12.4 Å². The fourth-order valence-corrected chi connectivity index (χ4v) is 0. The van der Waals surface area contributed by atoms with Gasteiger partial charge in [0.1, 0.15) is 0 Å². The molecule has 40 valence electrons. The summed E-state index contributed by atoms with van der Waals surface area (Å²) in [5.74, 6) is 0. The average molecular weight is 137 g/mol. The van der Waals surface area contributed by atoms with Crippen molar-refractivity contribution < 1.29 is 44.6 Å². The van der Waals surface area contributed by atoms with Crippen molar-refractivity contribution in [3.8, 4) is 0 Å². The molecule has 0 atom stereocenters. The second-order valence-electron chi connectivity index (χ2n) is 0.266. The maximum absolute atomic E-state index is 8.44. The van der Waals surface area contributed by atoms with Crippen LogP contribution in [0.2, 0.25) is 0 Å². The normalized spacial score (nSPS) is 3.43. The Balaban J connectivity index is -0.0000000150. The van der Waals surface area contributed by atoms with Crippen molar-refractivity contribution in [3.63, 3.8) is 0 Å². The molecule has 0 saturated heterocycles. The van der Waals surface area contributed by atoms with Crippen molar-refractivity contribution in [2.75, 3.05) is 0 Å². The first kappa shape index (κ1) is 25.8. The molecule has 4 N–H and O–H groups in total. The van der Waals surface area contributed by atoms with Gasteiger partial charge in [-0.3, -0.25) is 0 Å². The fourth-order valence-electron chi connectivity index (χ4n) is 0. The number of carbonyl (C=O) groups is 1. The molecule has 0 aromatic heterocycles. The molecule has 0 saturated carbocycles. The summed E-state index contributed by atoms with van der Waals surface area (Å²) in [4.78, 5) is 8.44. The molecule has 0 heterocycles. The SMILES string of the molecule is Cl.N.O=C([O-])O.[Na+]. The van der Waals surface area contributed by atoms with Gasteiger partial charge in [0.05, 0.1) is 0 Å². The Morgan fingerprint density at radius 3 is 1.57 bits per heavy atom. The van der Waals surface area contributed by atoms with Crippen LogP contribution in [-0.2, 0) is 0 Å². The van der Waals surface area contributed by atoms with Gasteiger partial charge in [0.25, 0.3) is 0 Å². The average Bonchev–Trinajstić information content (AvgIpc) is 0.811. The minimum atomic E-state index is -2.08. The first-order valence-electron chi connectivity index (χ1n) is 0.632. The zero-order valence-corrected chi connectivity index (χ0v) is 6.70. The van der Waals surface area contributed by atoms with Crippen LogP contribution in [0.4, 0.5) is 4.79 Å². The number of halogens is 1. The van der Waals surface area contributed by atoms with Crippen LogP contribution in [0.5, 0.6) is 0 Å². The molecule has 0 spiro atoms. The number of hydrogen-bond donors (Lipinski definition) is 2. The Morgan fingerprint density at radius 1 is 1.57 bits per heavy atom. The van der Waals surface area contributed by atoms with Gasteiger partial charge in [0, 0.05) is 0 Å². The minimum Gasteiger partial charge on any atom is -0.565 e. The van der Waals surface area contributed by atoms with E-state index >= 15 is 0 Å². The van der Waals surface area contributed by atoms with E-state index in [4.69, 9.17) is 15.0 Å². The summed E-state index contributed by atoms with van der Waals surface area (Å²) < 4.78 is 0. The fraction of sp³-hybridized carbons (Fsp3) is 0. The zero-order valence-electron chi connectivity index (χ0n) is 3.88. The molecule has 0 aliphatic rings. The van der Waals surface area contributed by atoms with Gasteiger partial charge in [0.15, 0.2) is 0 Å². The Hall–Kier alpha value is 0.520. The number of rotatable bonds is 0. The van der Waals surface area contributed by atoms with Crippen LogP contribution >= 0.6 is 12.4 Å². The van der Waals surface area contributed by atoms with Gasteiger partial charge in [-0.05, 0) is 0 Å². The van der Waals surface area contributed by atoms with Gasteiger partial charge in [-0.1, -0.05) is 0 Å². The first-order valence-corrected chi connectivity index (χ1v) is 0.632. The van der Waals surface area contributed by atoms with Crippen molar-refractivity contribution in [3.05, 3.63) is 0 Å². The Bertz CT molecular complexity index is 37.9. The maximum Gasteiger partial charge on any atom is 1.00 e. The summed E-state index contributed by atoms with van der Waals surface area (Å²) in [6.45, 7) is 0. The number of hydrogen-bond acceptors (Lipinski definition) is 3. The van der Waals surface area contributed by atoms with Gasteiger partial charge in [0.2, 0.25) is 6.16 Å².